The first-order valence-electron chi connectivity index (χ1n) is 7.78. The van der Waals surface area contributed by atoms with Crippen LogP contribution in [0.1, 0.15) is 50.7 Å². The molecule has 0 saturated heterocycles. The molecule has 132 valence electrons. The smallest absolute Gasteiger partial charge is 0.408 e. The molecule has 1 amide bonds. The molecule has 0 bridgehead atoms. The van der Waals surface area contributed by atoms with Gasteiger partial charge in [0.25, 0.3) is 0 Å². The van der Waals surface area contributed by atoms with Gasteiger partial charge in [-0.05, 0) is 63.3 Å². The average molecular weight is 402 g/mol. The predicted octanol–water partition coefficient (Wildman–Crippen LogP) is 3.99. The van der Waals surface area contributed by atoms with Gasteiger partial charge in [0.05, 0.1) is 0 Å². The molecule has 1 aliphatic rings. The maximum atomic E-state index is 14.2. The second-order valence-corrected chi connectivity index (χ2v) is 7.83. The number of carboxylic acids is 1. The number of hydrogen-bond acceptors (Lipinski definition) is 3. The van der Waals surface area contributed by atoms with E-state index in [9.17, 15) is 19.1 Å². The first-order valence-corrected chi connectivity index (χ1v) is 8.58. The standard InChI is InChI=1S/C17H21BrFNO4/c1-17(2,3)24-16(23)20-14(15(21)22)11-6-4-5-10-12(11)7-9(18)8-13(10)19/h7-8,11,14H,4-6H2,1-3H3,(H,20,23)(H,21,22)/t11-,14?/m0/s1. The molecule has 24 heavy (non-hydrogen) atoms. The summed E-state index contributed by atoms with van der Waals surface area (Å²) in [6.07, 6.45) is 0.979. The number of rotatable bonds is 3. The number of halogens is 2. The van der Waals surface area contributed by atoms with Crippen molar-refractivity contribution in [2.45, 2.75) is 57.6 Å². The zero-order chi connectivity index (χ0) is 18.1. The molecule has 0 spiro atoms. The van der Waals surface area contributed by atoms with E-state index in [1.165, 1.54) is 6.07 Å². The van der Waals surface area contributed by atoms with Gasteiger partial charge in [-0.2, -0.15) is 0 Å². The highest BCUT2D eigenvalue weighted by Gasteiger charge is 2.36. The van der Waals surface area contributed by atoms with E-state index in [2.05, 4.69) is 21.2 Å². The number of carbonyl (C=O) groups is 2. The number of alkyl carbamates (subject to hydrolysis) is 1. The number of amides is 1. The molecule has 5 nitrogen and oxygen atoms in total. The second-order valence-electron chi connectivity index (χ2n) is 6.92. The van der Waals surface area contributed by atoms with Crippen LogP contribution in [-0.2, 0) is 16.0 Å². The summed E-state index contributed by atoms with van der Waals surface area (Å²) in [6.45, 7) is 5.10. The van der Waals surface area contributed by atoms with E-state index in [1.54, 1.807) is 26.8 Å². The largest absolute Gasteiger partial charge is 0.480 e. The lowest BCUT2D eigenvalue weighted by molar-refractivity contribution is -0.140. The Morgan fingerprint density at radius 1 is 1.42 bits per heavy atom. The van der Waals surface area contributed by atoms with E-state index < -0.39 is 29.6 Å². The highest BCUT2D eigenvalue weighted by molar-refractivity contribution is 9.10. The monoisotopic (exact) mass is 401 g/mol. The first-order chi connectivity index (χ1) is 11.1. The van der Waals surface area contributed by atoms with Crippen molar-refractivity contribution in [1.82, 2.24) is 5.32 Å². The van der Waals surface area contributed by atoms with Crippen LogP contribution < -0.4 is 5.32 Å². The van der Waals surface area contributed by atoms with Crippen LogP contribution >= 0.6 is 15.9 Å². The predicted molar refractivity (Wildman–Crippen MR) is 90.6 cm³/mol. The van der Waals surface area contributed by atoms with Gasteiger partial charge in [-0.1, -0.05) is 15.9 Å². The molecule has 7 heteroatoms. The Balaban J connectivity index is 2.31. The molecule has 0 aliphatic heterocycles. The fraction of sp³-hybridized carbons (Fsp3) is 0.529. The third kappa shape index (κ3) is 4.47. The Morgan fingerprint density at radius 2 is 2.08 bits per heavy atom. The van der Waals surface area contributed by atoms with Gasteiger partial charge < -0.3 is 15.2 Å². The van der Waals surface area contributed by atoms with Gasteiger partial charge in [-0.25, -0.2) is 14.0 Å². The minimum atomic E-state index is -1.17. The Kier molecular flexibility index (Phi) is 5.52. The maximum Gasteiger partial charge on any atom is 0.408 e. The molecule has 1 aromatic rings. The summed E-state index contributed by atoms with van der Waals surface area (Å²) in [5.41, 5.74) is 0.412. The first kappa shape index (κ1) is 18.7. The lowest BCUT2D eigenvalue weighted by atomic mass is 9.78. The molecule has 1 aliphatic carbocycles. The van der Waals surface area contributed by atoms with Gasteiger partial charge in [0, 0.05) is 10.4 Å². The van der Waals surface area contributed by atoms with Crippen LogP contribution in [0.2, 0.25) is 0 Å². The van der Waals surface area contributed by atoms with Crippen LogP contribution in [0, 0.1) is 5.82 Å². The van der Waals surface area contributed by atoms with Crippen molar-refractivity contribution in [2.24, 2.45) is 0 Å². The summed E-state index contributed by atoms with van der Waals surface area (Å²) in [6, 6.07) is 1.93. The Bertz CT molecular complexity index is 657. The maximum absolute atomic E-state index is 14.2. The van der Waals surface area contributed by atoms with Crippen molar-refractivity contribution < 1.29 is 23.8 Å². The molecule has 0 fully saturated rings. The highest BCUT2D eigenvalue weighted by Crippen LogP contribution is 2.37. The molecule has 0 radical (unpaired) electrons. The summed E-state index contributed by atoms with van der Waals surface area (Å²) < 4.78 is 19.9. The van der Waals surface area contributed by atoms with E-state index in [0.29, 0.717) is 34.9 Å². The summed E-state index contributed by atoms with van der Waals surface area (Å²) in [4.78, 5) is 23.7. The van der Waals surface area contributed by atoms with E-state index in [1.807, 2.05) is 0 Å². The molecule has 0 aromatic heterocycles. The van der Waals surface area contributed by atoms with Crippen LogP contribution in [0.4, 0.5) is 9.18 Å². The minimum absolute atomic E-state index is 0.356. The molecular formula is C17H21BrFNO4. The normalized spacial score (nSPS) is 18.5. The third-order valence-electron chi connectivity index (χ3n) is 3.88. The third-order valence-corrected chi connectivity index (χ3v) is 4.33. The average Bonchev–Trinajstić information content (AvgIpc) is 2.42. The summed E-state index contributed by atoms with van der Waals surface area (Å²) in [5, 5.41) is 12.0. The molecule has 1 aromatic carbocycles. The van der Waals surface area contributed by atoms with Gasteiger partial charge in [0.2, 0.25) is 0 Å². The van der Waals surface area contributed by atoms with Gasteiger partial charge in [0.15, 0.2) is 0 Å². The number of fused-ring (bicyclic) bond motifs is 1. The molecular weight excluding hydrogens is 381 g/mol. The van der Waals surface area contributed by atoms with Crippen molar-refractivity contribution >= 4 is 28.0 Å². The SMILES string of the molecule is CC(C)(C)OC(=O)NC(C(=O)O)[C@H]1CCCc2c(F)cc(Br)cc21. The fourth-order valence-electron chi connectivity index (χ4n) is 2.99. The number of benzene rings is 1. The van der Waals surface area contributed by atoms with E-state index in [4.69, 9.17) is 4.74 Å². The minimum Gasteiger partial charge on any atom is -0.480 e. The molecule has 2 rings (SSSR count). The number of aliphatic carboxylic acids is 1. The number of hydrogen-bond donors (Lipinski definition) is 2. The van der Waals surface area contributed by atoms with E-state index >= 15 is 0 Å². The van der Waals surface area contributed by atoms with Gasteiger partial charge in [0.1, 0.15) is 17.5 Å². The number of ether oxygens (including phenoxy) is 1. The Hall–Kier alpha value is -1.63. The topological polar surface area (TPSA) is 75.6 Å². The van der Waals surface area contributed by atoms with Crippen LogP contribution in [0.15, 0.2) is 16.6 Å². The zero-order valence-corrected chi connectivity index (χ0v) is 15.4. The lowest BCUT2D eigenvalue weighted by Crippen LogP contribution is -2.47. The van der Waals surface area contributed by atoms with Crippen LogP contribution in [0.5, 0.6) is 0 Å². The quantitative estimate of drug-likeness (QED) is 0.802. The Labute approximate surface area is 148 Å². The van der Waals surface area contributed by atoms with Crippen molar-refractivity contribution in [3.05, 3.63) is 33.5 Å². The second kappa shape index (κ2) is 7.09. The van der Waals surface area contributed by atoms with Crippen LogP contribution in [0.3, 0.4) is 0 Å². The van der Waals surface area contributed by atoms with Gasteiger partial charge in [-0.3, -0.25) is 0 Å². The molecule has 2 atom stereocenters. The number of carbonyl (C=O) groups excluding carboxylic acids is 1. The van der Waals surface area contributed by atoms with Gasteiger partial charge >= 0.3 is 12.1 Å². The highest BCUT2D eigenvalue weighted by atomic mass is 79.9. The lowest BCUT2D eigenvalue weighted by Gasteiger charge is -2.31. The van der Waals surface area contributed by atoms with E-state index in [-0.39, 0.29) is 5.82 Å². The molecule has 0 heterocycles. The van der Waals surface area contributed by atoms with Crippen molar-refractivity contribution in [3.63, 3.8) is 0 Å². The molecule has 1 unspecified atom stereocenters. The van der Waals surface area contributed by atoms with Gasteiger partial charge in [-0.15, -0.1) is 0 Å². The number of carboxylic acid groups (broad SMARTS) is 1. The summed E-state index contributed by atoms with van der Waals surface area (Å²) >= 11 is 3.25. The van der Waals surface area contributed by atoms with Crippen molar-refractivity contribution in [2.75, 3.05) is 0 Å². The van der Waals surface area contributed by atoms with Crippen LogP contribution in [-0.4, -0.2) is 28.8 Å². The molecule has 0 saturated carbocycles. The zero-order valence-electron chi connectivity index (χ0n) is 13.9. The van der Waals surface area contributed by atoms with E-state index in [0.717, 1.165) is 0 Å². The number of nitrogens with one attached hydrogen (secondary N) is 1. The summed E-state index contributed by atoms with van der Waals surface area (Å²) in [7, 11) is 0. The molecule has 2 N–H and O–H groups in total. The summed E-state index contributed by atoms with van der Waals surface area (Å²) in [5.74, 6) is -2.03. The van der Waals surface area contributed by atoms with Crippen LogP contribution in [0.25, 0.3) is 0 Å². The fourth-order valence-corrected chi connectivity index (χ4v) is 3.44. The van der Waals surface area contributed by atoms with Crippen molar-refractivity contribution in [3.8, 4) is 0 Å². The van der Waals surface area contributed by atoms with Crippen molar-refractivity contribution in [1.29, 1.82) is 0 Å². The Morgan fingerprint density at radius 3 is 2.67 bits per heavy atom.